The number of phenols is 1. The monoisotopic (exact) mass is 330 g/mol. The molecule has 0 atom stereocenters. The van der Waals surface area contributed by atoms with Crippen molar-refractivity contribution in [2.75, 3.05) is 14.2 Å². The minimum absolute atomic E-state index is 0.00465. The summed E-state index contributed by atoms with van der Waals surface area (Å²) in [6.45, 7) is 0. The second-order valence-electron chi connectivity index (χ2n) is 4.86. The Balaban J connectivity index is 2.30. The van der Waals surface area contributed by atoms with Gasteiger partial charge < -0.3 is 19.0 Å². The first kappa shape index (κ1) is 15.3. The molecule has 0 amide bonds. The smallest absolute Gasteiger partial charge is 0.201 e. The Morgan fingerprint density at radius 3 is 2.48 bits per heavy atom. The zero-order chi connectivity index (χ0) is 16.6. The molecule has 0 unspecified atom stereocenters. The zero-order valence-corrected chi connectivity index (χ0v) is 13.4. The zero-order valence-electron chi connectivity index (χ0n) is 12.5. The quantitative estimate of drug-likeness (QED) is 0.720. The normalized spacial score (nSPS) is 10.7. The van der Waals surface area contributed by atoms with Crippen molar-refractivity contribution in [3.05, 3.63) is 46.6 Å². The second kappa shape index (κ2) is 5.89. The first-order valence-electron chi connectivity index (χ1n) is 6.76. The van der Waals surface area contributed by atoms with Crippen LogP contribution in [-0.2, 0) is 0 Å². The number of thiol groups is 1. The van der Waals surface area contributed by atoms with Gasteiger partial charge in [-0.3, -0.25) is 4.79 Å². The molecule has 0 aliphatic carbocycles. The van der Waals surface area contributed by atoms with Gasteiger partial charge >= 0.3 is 0 Å². The van der Waals surface area contributed by atoms with Gasteiger partial charge in [-0.05, 0) is 35.9 Å². The Labute approximate surface area is 137 Å². The van der Waals surface area contributed by atoms with E-state index in [1.807, 2.05) is 0 Å². The minimum atomic E-state index is -0.278. The minimum Gasteiger partial charge on any atom is -0.508 e. The maximum atomic E-state index is 12.8. The fourth-order valence-electron chi connectivity index (χ4n) is 2.42. The van der Waals surface area contributed by atoms with Crippen LogP contribution in [0.3, 0.4) is 0 Å². The third-order valence-electron chi connectivity index (χ3n) is 3.53. The number of ether oxygens (including phenoxy) is 2. The van der Waals surface area contributed by atoms with Crippen LogP contribution in [-0.4, -0.2) is 19.3 Å². The van der Waals surface area contributed by atoms with Crippen LogP contribution >= 0.6 is 12.6 Å². The molecule has 0 bridgehead atoms. The summed E-state index contributed by atoms with van der Waals surface area (Å²) in [6.07, 6.45) is 0. The largest absolute Gasteiger partial charge is 0.508 e. The molecule has 23 heavy (non-hydrogen) atoms. The van der Waals surface area contributed by atoms with E-state index < -0.39 is 0 Å². The first-order chi connectivity index (χ1) is 11.0. The van der Waals surface area contributed by atoms with Crippen LogP contribution in [0.2, 0.25) is 0 Å². The van der Waals surface area contributed by atoms with Crippen molar-refractivity contribution in [3.63, 3.8) is 0 Å². The lowest BCUT2D eigenvalue weighted by atomic mass is 10.0. The average molecular weight is 330 g/mol. The average Bonchev–Trinajstić information content (AvgIpc) is 2.55. The van der Waals surface area contributed by atoms with Gasteiger partial charge in [-0.1, -0.05) is 6.07 Å². The molecule has 0 saturated heterocycles. The number of methoxy groups -OCH3 is 2. The van der Waals surface area contributed by atoms with Crippen molar-refractivity contribution in [2.24, 2.45) is 0 Å². The Morgan fingerprint density at radius 1 is 1.04 bits per heavy atom. The molecule has 1 N–H and O–H groups in total. The summed E-state index contributed by atoms with van der Waals surface area (Å²) in [5.41, 5.74) is 0.973. The van der Waals surface area contributed by atoms with E-state index in [1.165, 1.54) is 32.4 Å². The molecule has 3 aromatic rings. The van der Waals surface area contributed by atoms with Gasteiger partial charge in [-0.2, -0.15) is 0 Å². The maximum Gasteiger partial charge on any atom is 0.201 e. The van der Waals surface area contributed by atoms with Crippen LogP contribution < -0.4 is 14.9 Å². The molecule has 0 fully saturated rings. The van der Waals surface area contributed by atoms with E-state index in [1.54, 1.807) is 18.2 Å². The van der Waals surface area contributed by atoms with Crippen LogP contribution in [0.1, 0.15) is 0 Å². The van der Waals surface area contributed by atoms with E-state index in [-0.39, 0.29) is 21.7 Å². The molecule has 6 heteroatoms. The third-order valence-corrected chi connectivity index (χ3v) is 3.84. The summed E-state index contributed by atoms with van der Waals surface area (Å²) in [4.78, 5) is 12.8. The van der Waals surface area contributed by atoms with E-state index in [9.17, 15) is 9.90 Å². The molecule has 0 aliphatic rings. The van der Waals surface area contributed by atoms with Crippen LogP contribution in [0.15, 0.2) is 50.7 Å². The SMILES string of the molecule is COc1ccc(-c2c(S)oc3ccc(O)cc3c2=O)cc1OC. The molecule has 3 rings (SSSR count). The molecule has 1 heterocycles. The van der Waals surface area contributed by atoms with Crippen molar-refractivity contribution in [2.45, 2.75) is 5.09 Å². The molecule has 2 aromatic carbocycles. The fourth-order valence-corrected chi connectivity index (χ4v) is 2.75. The molecule has 1 aromatic heterocycles. The van der Waals surface area contributed by atoms with Crippen molar-refractivity contribution in [3.8, 4) is 28.4 Å². The predicted molar refractivity (Wildman–Crippen MR) is 89.9 cm³/mol. The number of hydrogen-bond donors (Lipinski definition) is 2. The second-order valence-corrected chi connectivity index (χ2v) is 5.27. The highest BCUT2D eigenvalue weighted by Gasteiger charge is 2.16. The Morgan fingerprint density at radius 2 is 1.78 bits per heavy atom. The number of rotatable bonds is 3. The van der Waals surface area contributed by atoms with Crippen molar-refractivity contribution in [1.82, 2.24) is 0 Å². The van der Waals surface area contributed by atoms with Gasteiger partial charge in [0.15, 0.2) is 16.6 Å². The highest BCUT2D eigenvalue weighted by molar-refractivity contribution is 7.80. The molecule has 118 valence electrons. The molecular weight excluding hydrogens is 316 g/mol. The lowest BCUT2D eigenvalue weighted by Crippen LogP contribution is -2.06. The molecule has 0 aliphatic heterocycles. The lowest BCUT2D eigenvalue weighted by molar-refractivity contribution is 0.355. The van der Waals surface area contributed by atoms with E-state index in [0.717, 1.165) is 0 Å². The van der Waals surface area contributed by atoms with Crippen molar-refractivity contribution in [1.29, 1.82) is 0 Å². The first-order valence-corrected chi connectivity index (χ1v) is 7.21. The number of hydrogen-bond acceptors (Lipinski definition) is 6. The van der Waals surface area contributed by atoms with E-state index in [0.29, 0.717) is 28.2 Å². The number of phenolic OH excluding ortho intramolecular Hbond substituents is 1. The van der Waals surface area contributed by atoms with Crippen LogP contribution in [0.4, 0.5) is 0 Å². The Kier molecular flexibility index (Phi) is 3.92. The third kappa shape index (κ3) is 2.61. The van der Waals surface area contributed by atoms with Gasteiger partial charge in [0.25, 0.3) is 0 Å². The van der Waals surface area contributed by atoms with E-state index in [4.69, 9.17) is 13.9 Å². The topological polar surface area (TPSA) is 68.9 Å². The van der Waals surface area contributed by atoms with E-state index >= 15 is 0 Å². The summed E-state index contributed by atoms with van der Waals surface area (Å²) in [6, 6.07) is 9.46. The highest BCUT2D eigenvalue weighted by atomic mass is 32.1. The highest BCUT2D eigenvalue weighted by Crippen LogP contribution is 2.34. The van der Waals surface area contributed by atoms with Crippen molar-refractivity contribution >= 4 is 23.6 Å². The number of benzene rings is 2. The Bertz CT molecular complexity index is 946. The Hall–Kier alpha value is -2.60. The summed E-state index contributed by atoms with van der Waals surface area (Å²) in [7, 11) is 3.05. The molecule has 0 spiro atoms. The van der Waals surface area contributed by atoms with Gasteiger partial charge in [-0.15, -0.1) is 12.6 Å². The molecular formula is C17H14O5S. The number of fused-ring (bicyclic) bond motifs is 1. The van der Waals surface area contributed by atoms with Gasteiger partial charge in [0.05, 0.1) is 25.2 Å². The van der Waals surface area contributed by atoms with Gasteiger partial charge in [0, 0.05) is 0 Å². The van der Waals surface area contributed by atoms with E-state index in [2.05, 4.69) is 12.6 Å². The molecule has 5 nitrogen and oxygen atoms in total. The summed E-state index contributed by atoms with van der Waals surface area (Å²) >= 11 is 4.29. The number of aromatic hydroxyl groups is 1. The summed E-state index contributed by atoms with van der Waals surface area (Å²) in [5, 5.41) is 10.1. The lowest BCUT2D eigenvalue weighted by Gasteiger charge is -2.11. The van der Waals surface area contributed by atoms with Crippen molar-refractivity contribution < 1.29 is 19.0 Å². The summed E-state index contributed by atoms with van der Waals surface area (Å²) < 4.78 is 16.1. The summed E-state index contributed by atoms with van der Waals surface area (Å²) in [5.74, 6) is 1.04. The standard InChI is InChI=1S/C17H14O5S/c1-20-13-5-3-9(7-14(13)21-2)15-16(19)11-8-10(18)4-6-12(11)22-17(15)23/h3-8,18,23H,1-2H3. The van der Waals surface area contributed by atoms with Crippen LogP contribution in [0.25, 0.3) is 22.1 Å². The van der Waals surface area contributed by atoms with Crippen LogP contribution in [0, 0.1) is 0 Å². The molecule has 0 saturated carbocycles. The van der Waals surface area contributed by atoms with Crippen LogP contribution in [0.5, 0.6) is 17.2 Å². The van der Waals surface area contributed by atoms with Gasteiger partial charge in [-0.25, -0.2) is 0 Å². The van der Waals surface area contributed by atoms with Gasteiger partial charge in [0.1, 0.15) is 11.3 Å². The van der Waals surface area contributed by atoms with Gasteiger partial charge in [0.2, 0.25) is 5.43 Å². The fraction of sp³-hybridized carbons (Fsp3) is 0.118. The predicted octanol–water partition coefficient (Wildman–Crippen LogP) is 3.47. The maximum absolute atomic E-state index is 12.8. The molecule has 0 radical (unpaired) electrons.